The number of nitrogens with two attached hydrogens (primary N) is 1. The average molecular weight is 315 g/mol. The summed E-state index contributed by atoms with van der Waals surface area (Å²) in [7, 11) is 0. The van der Waals surface area contributed by atoms with Crippen molar-refractivity contribution in [2.75, 3.05) is 5.32 Å². The van der Waals surface area contributed by atoms with Gasteiger partial charge in [0, 0.05) is 17.4 Å². The van der Waals surface area contributed by atoms with E-state index in [1.54, 1.807) is 30.5 Å². The number of pyridine rings is 1. The molecule has 0 saturated carbocycles. The van der Waals surface area contributed by atoms with Gasteiger partial charge in [-0.05, 0) is 42.8 Å². The van der Waals surface area contributed by atoms with E-state index in [0.717, 1.165) is 5.03 Å². The van der Waals surface area contributed by atoms with Crippen molar-refractivity contribution in [2.45, 2.75) is 23.6 Å². The number of rotatable bonds is 6. The summed E-state index contributed by atoms with van der Waals surface area (Å²) < 4.78 is 0. The van der Waals surface area contributed by atoms with E-state index < -0.39 is 5.91 Å². The number of amides is 2. The maximum absolute atomic E-state index is 12.3. The van der Waals surface area contributed by atoms with Crippen LogP contribution in [0.3, 0.4) is 0 Å². The summed E-state index contributed by atoms with van der Waals surface area (Å²) in [4.78, 5) is 27.6. The molecule has 2 amide bonds. The van der Waals surface area contributed by atoms with Gasteiger partial charge in [0.05, 0.1) is 10.3 Å². The number of carbonyl (C=O) groups excluding carboxylic acids is 2. The zero-order chi connectivity index (χ0) is 15.9. The van der Waals surface area contributed by atoms with Crippen LogP contribution in [0.15, 0.2) is 53.7 Å². The molecule has 22 heavy (non-hydrogen) atoms. The second-order valence-corrected chi connectivity index (χ2v) is 5.84. The standard InChI is InChI=1S/C16H17N3O2S/c1-2-13(22-14-5-3-4-10-18-14)16(21)19-12-8-6-11(7-9-12)15(17)20/h3-10,13H,2H2,1H3,(H2,17,20)(H,19,21). The molecule has 1 aromatic carbocycles. The molecule has 114 valence electrons. The first-order valence-electron chi connectivity index (χ1n) is 6.88. The van der Waals surface area contributed by atoms with Gasteiger partial charge in [-0.1, -0.05) is 24.8 Å². The van der Waals surface area contributed by atoms with Crippen LogP contribution in [-0.2, 0) is 4.79 Å². The second-order valence-electron chi connectivity index (χ2n) is 4.61. The third-order valence-corrected chi connectivity index (χ3v) is 4.32. The number of aromatic nitrogens is 1. The lowest BCUT2D eigenvalue weighted by Crippen LogP contribution is -2.24. The Bertz CT molecular complexity index is 644. The smallest absolute Gasteiger partial charge is 0.248 e. The van der Waals surface area contributed by atoms with Crippen molar-refractivity contribution >= 4 is 29.3 Å². The molecule has 1 unspecified atom stereocenters. The fraction of sp³-hybridized carbons (Fsp3) is 0.188. The molecule has 1 heterocycles. The van der Waals surface area contributed by atoms with Gasteiger partial charge in [0.25, 0.3) is 0 Å². The van der Waals surface area contributed by atoms with Gasteiger partial charge in [-0.25, -0.2) is 4.98 Å². The summed E-state index contributed by atoms with van der Waals surface area (Å²) in [6, 6.07) is 12.1. The Balaban J connectivity index is 2.01. The zero-order valence-electron chi connectivity index (χ0n) is 12.2. The van der Waals surface area contributed by atoms with Gasteiger partial charge in [0.2, 0.25) is 11.8 Å². The lowest BCUT2D eigenvalue weighted by molar-refractivity contribution is -0.115. The van der Waals surface area contributed by atoms with Crippen LogP contribution in [0.4, 0.5) is 5.69 Å². The number of nitrogens with one attached hydrogen (secondary N) is 1. The van der Waals surface area contributed by atoms with Crippen molar-refractivity contribution < 1.29 is 9.59 Å². The van der Waals surface area contributed by atoms with E-state index in [9.17, 15) is 9.59 Å². The topological polar surface area (TPSA) is 85.1 Å². The first-order valence-corrected chi connectivity index (χ1v) is 7.76. The van der Waals surface area contributed by atoms with Crippen LogP contribution in [0.1, 0.15) is 23.7 Å². The van der Waals surface area contributed by atoms with Crippen molar-refractivity contribution in [3.05, 3.63) is 54.2 Å². The molecule has 5 nitrogen and oxygen atoms in total. The Morgan fingerprint density at radius 1 is 1.23 bits per heavy atom. The summed E-state index contributed by atoms with van der Waals surface area (Å²) in [6.07, 6.45) is 2.39. The molecule has 0 aliphatic rings. The summed E-state index contributed by atoms with van der Waals surface area (Å²) in [6.45, 7) is 1.95. The monoisotopic (exact) mass is 315 g/mol. The lowest BCUT2D eigenvalue weighted by Gasteiger charge is -2.14. The predicted molar refractivity (Wildman–Crippen MR) is 87.8 cm³/mol. The van der Waals surface area contributed by atoms with Crippen LogP contribution < -0.4 is 11.1 Å². The molecule has 0 spiro atoms. The number of hydrogen-bond donors (Lipinski definition) is 2. The van der Waals surface area contributed by atoms with Crippen LogP contribution in [0.25, 0.3) is 0 Å². The number of nitrogens with zero attached hydrogens (tertiary/aromatic N) is 1. The minimum absolute atomic E-state index is 0.0926. The second kappa shape index (κ2) is 7.61. The number of primary amides is 1. The molecule has 3 N–H and O–H groups in total. The Morgan fingerprint density at radius 2 is 1.95 bits per heavy atom. The molecular weight excluding hydrogens is 298 g/mol. The normalized spacial score (nSPS) is 11.7. The van der Waals surface area contributed by atoms with Crippen molar-refractivity contribution in [3.8, 4) is 0 Å². The highest BCUT2D eigenvalue weighted by molar-refractivity contribution is 8.00. The molecule has 0 bridgehead atoms. The maximum atomic E-state index is 12.3. The van der Waals surface area contributed by atoms with Crippen LogP contribution in [0, 0.1) is 0 Å². The molecule has 0 saturated heterocycles. The summed E-state index contributed by atoms with van der Waals surface area (Å²) in [5, 5.41) is 3.42. The molecule has 1 atom stereocenters. The van der Waals surface area contributed by atoms with E-state index in [1.165, 1.54) is 11.8 Å². The van der Waals surface area contributed by atoms with Crippen LogP contribution in [-0.4, -0.2) is 22.0 Å². The van der Waals surface area contributed by atoms with Gasteiger partial charge in [-0.3, -0.25) is 9.59 Å². The Hall–Kier alpha value is -2.34. The van der Waals surface area contributed by atoms with Crippen LogP contribution in [0.5, 0.6) is 0 Å². The van der Waals surface area contributed by atoms with E-state index in [-0.39, 0.29) is 11.2 Å². The number of carbonyl (C=O) groups is 2. The highest BCUT2D eigenvalue weighted by atomic mass is 32.2. The largest absolute Gasteiger partial charge is 0.366 e. The molecule has 0 aliphatic heterocycles. The van der Waals surface area contributed by atoms with E-state index in [1.807, 2.05) is 25.1 Å². The minimum atomic E-state index is -0.491. The zero-order valence-corrected chi connectivity index (χ0v) is 13.0. The van der Waals surface area contributed by atoms with Gasteiger partial charge in [-0.15, -0.1) is 0 Å². The van der Waals surface area contributed by atoms with Gasteiger partial charge >= 0.3 is 0 Å². The van der Waals surface area contributed by atoms with Crippen LogP contribution >= 0.6 is 11.8 Å². The fourth-order valence-electron chi connectivity index (χ4n) is 1.83. The number of hydrogen-bond acceptors (Lipinski definition) is 4. The van der Waals surface area contributed by atoms with E-state index in [2.05, 4.69) is 10.3 Å². The molecule has 0 aliphatic carbocycles. The SMILES string of the molecule is CCC(Sc1ccccn1)C(=O)Nc1ccc(C(N)=O)cc1. The van der Waals surface area contributed by atoms with Crippen molar-refractivity contribution in [1.82, 2.24) is 4.98 Å². The Morgan fingerprint density at radius 3 is 2.50 bits per heavy atom. The van der Waals surface area contributed by atoms with Crippen molar-refractivity contribution in [3.63, 3.8) is 0 Å². The number of thioether (sulfide) groups is 1. The Labute approximate surface area is 133 Å². The maximum Gasteiger partial charge on any atom is 0.248 e. The van der Waals surface area contributed by atoms with Crippen molar-refractivity contribution in [2.24, 2.45) is 5.73 Å². The molecular formula is C16H17N3O2S. The Kier molecular flexibility index (Phi) is 5.55. The van der Waals surface area contributed by atoms with Gasteiger partial charge in [0.15, 0.2) is 0 Å². The average Bonchev–Trinajstić information content (AvgIpc) is 2.54. The van der Waals surface area contributed by atoms with E-state index in [4.69, 9.17) is 5.73 Å². The quantitative estimate of drug-likeness (QED) is 0.803. The van der Waals surface area contributed by atoms with E-state index in [0.29, 0.717) is 17.7 Å². The van der Waals surface area contributed by atoms with Gasteiger partial charge < -0.3 is 11.1 Å². The molecule has 1 aromatic heterocycles. The third-order valence-electron chi connectivity index (χ3n) is 3.00. The van der Waals surface area contributed by atoms with Crippen molar-refractivity contribution in [1.29, 1.82) is 0 Å². The number of anilines is 1. The predicted octanol–water partition coefficient (Wildman–Crippen LogP) is 2.69. The third kappa shape index (κ3) is 4.33. The van der Waals surface area contributed by atoms with Crippen LogP contribution in [0.2, 0.25) is 0 Å². The highest BCUT2D eigenvalue weighted by Crippen LogP contribution is 2.24. The highest BCUT2D eigenvalue weighted by Gasteiger charge is 2.18. The van der Waals surface area contributed by atoms with Gasteiger partial charge in [-0.2, -0.15) is 0 Å². The summed E-state index contributed by atoms with van der Waals surface area (Å²) >= 11 is 1.43. The fourth-order valence-corrected chi connectivity index (χ4v) is 2.73. The number of benzene rings is 1. The summed E-state index contributed by atoms with van der Waals surface area (Å²) in [5.74, 6) is -0.583. The molecule has 2 aromatic rings. The van der Waals surface area contributed by atoms with E-state index >= 15 is 0 Å². The minimum Gasteiger partial charge on any atom is -0.366 e. The first kappa shape index (κ1) is 16.0. The molecule has 2 rings (SSSR count). The molecule has 0 radical (unpaired) electrons. The summed E-state index contributed by atoms with van der Waals surface area (Å²) in [5.41, 5.74) is 6.23. The molecule has 0 fully saturated rings. The molecule has 6 heteroatoms. The van der Waals surface area contributed by atoms with Gasteiger partial charge in [0.1, 0.15) is 0 Å². The first-order chi connectivity index (χ1) is 10.6. The lowest BCUT2D eigenvalue weighted by atomic mass is 10.2.